The van der Waals surface area contributed by atoms with Gasteiger partial charge in [-0.05, 0) is 18.8 Å². The van der Waals surface area contributed by atoms with E-state index < -0.39 is 0 Å². The summed E-state index contributed by atoms with van der Waals surface area (Å²) in [5.41, 5.74) is 0. The van der Waals surface area contributed by atoms with Crippen LogP contribution in [-0.2, 0) is 9.53 Å². The summed E-state index contributed by atoms with van der Waals surface area (Å²) in [6.45, 7) is 4.51. The number of Topliss-reactive ketones (excluding diaryl/α,β-unsaturated/α-hetero) is 1. The van der Waals surface area contributed by atoms with Crippen LogP contribution in [0.15, 0.2) is 0 Å². The van der Waals surface area contributed by atoms with E-state index >= 15 is 0 Å². The van der Waals surface area contributed by atoms with Crippen molar-refractivity contribution >= 4 is 5.78 Å². The summed E-state index contributed by atoms with van der Waals surface area (Å²) in [6.07, 6.45) is 4.10. The minimum atomic E-state index is 0.0676. The Morgan fingerprint density at radius 1 is 1.43 bits per heavy atom. The molecule has 1 unspecified atom stereocenters. The maximum atomic E-state index is 11.5. The molecule has 0 aromatic rings. The Kier molecular flexibility index (Phi) is 8.27. The summed E-state index contributed by atoms with van der Waals surface area (Å²) in [4.78, 5) is 11.5. The first-order valence-corrected chi connectivity index (χ1v) is 5.27. The molecule has 0 spiro atoms. The first kappa shape index (κ1) is 13.2. The summed E-state index contributed by atoms with van der Waals surface area (Å²) in [5.74, 6) is 5.53. The Bertz CT molecular complexity index is 210. The highest BCUT2D eigenvalue weighted by Crippen LogP contribution is 2.12. The predicted octanol–water partition coefficient (Wildman–Crippen LogP) is 2.42. The van der Waals surface area contributed by atoms with Gasteiger partial charge in [0.2, 0.25) is 5.78 Å². The number of hydrogen-bond acceptors (Lipinski definition) is 2. The summed E-state index contributed by atoms with van der Waals surface area (Å²) in [7, 11) is 1.58. The van der Waals surface area contributed by atoms with Crippen molar-refractivity contribution in [3.05, 3.63) is 0 Å². The number of ether oxygens (including phenoxy) is 1. The number of carbonyl (C=O) groups excluding carboxylic acids is 1. The zero-order chi connectivity index (χ0) is 10.8. The Hall–Kier alpha value is -0.810. The van der Waals surface area contributed by atoms with Gasteiger partial charge in [0.1, 0.15) is 6.61 Å². The number of rotatable bonds is 6. The van der Waals surface area contributed by atoms with Crippen LogP contribution in [0.5, 0.6) is 0 Å². The molecule has 0 aromatic heterocycles. The van der Waals surface area contributed by atoms with Crippen molar-refractivity contribution in [2.24, 2.45) is 5.92 Å². The van der Waals surface area contributed by atoms with Gasteiger partial charge in [0.15, 0.2) is 0 Å². The van der Waals surface area contributed by atoms with E-state index in [4.69, 9.17) is 4.74 Å². The van der Waals surface area contributed by atoms with Crippen LogP contribution < -0.4 is 0 Å². The van der Waals surface area contributed by atoms with Crippen LogP contribution in [0.1, 0.15) is 39.5 Å². The number of carbonyl (C=O) groups is 1. The molecule has 0 saturated heterocycles. The molecule has 14 heavy (non-hydrogen) atoms. The molecule has 0 radical (unpaired) electrons. The number of hydrogen-bond donors (Lipinski definition) is 0. The van der Waals surface area contributed by atoms with E-state index in [1.807, 2.05) is 6.92 Å². The van der Waals surface area contributed by atoms with Crippen LogP contribution in [0.25, 0.3) is 0 Å². The van der Waals surface area contributed by atoms with Gasteiger partial charge in [-0.2, -0.15) is 0 Å². The number of unbranched alkanes of at least 4 members (excludes halogenated alkanes) is 1. The SMILES string of the molecule is CCCCC(CC)C(=O)C#CCOC. The van der Waals surface area contributed by atoms with E-state index in [1.165, 1.54) is 0 Å². The molecule has 0 fully saturated rings. The van der Waals surface area contributed by atoms with Crippen molar-refractivity contribution in [3.63, 3.8) is 0 Å². The normalized spacial score (nSPS) is 11.6. The molecule has 0 N–H and O–H groups in total. The smallest absolute Gasteiger partial charge is 0.208 e. The molecule has 0 aromatic carbocycles. The third-order valence-corrected chi connectivity index (χ3v) is 2.20. The van der Waals surface area contributed by atoms with Crippen LogP contribution in [0.2, 0.25) is 0 Å². The van der Waals surface area contributed by atoms with Gasteiger partial charge in [-0.3, -0.25) is 4.79 Å². The Balaban J connectivity index is 3.99. The maximum absolute atomic E-state index is 11.5. The van der Waals surface area contributed by atoms with Gasteiger partial charge in [-0.15, -0.1) is 0 Å². The van der Waals surface area contributed by atoms with E-state index in [0.717, 1.165) is 25.7 Å². The van der Waals surface area contributed by atoms with Crippen LogP contribution >= 0.6 is 0 Å². The first-order valence-electron chi connectivity index (χ1n) is 5.27. The maximum Gasteiger partial charge on any atom is 0.208 e. The fourth-order valence-electron chi connectivity index (χ4n) is 1.27. The van der Waals surface area contributed by atoms with Gasteiger partial charge in [0.05, 0.1) is 0 Å². The molecule has 2 nitrogen and oxygen atoms in total. The van der Waals surface area contributed by atoms with Crippen molar-refractivity contribution < 1.29 is 9.53 Å². The molecule has 0 aliphatic carbocycles. The lowest BCUT2D eigenvalue weighted by molar-refractivity contribution is -0.117. The lowest BCUT2D eigenvalue weighted by atomic mass is 9.95. The minimum Gasteiger partial charge on any atom is -0.372 e. The van der Waals surface area contributed by atoms with Crippen molar-refractivity contribution in [2.75, 3.05) is 13.7 Å². The average Bonchev–Trinajstić information content (AvgIpc) is 2.19. The highest BCUT2D eigenvalue weighted by molar-refractivity contribution is 5.97. The van der Waals surface area contributed by atoms with E-state index in [0.29, 0.717) is 6.61 Å². The molecule has 0 amide bonds. The third kappa shape index (κ3) is 5.77. The van der Waals surface area contributed by atoms with Crippen LogP contribution in [0.4, 0.5) is 0 Å². The minimum absolute atomic E-state index is 0.0676. The molecule has 0 rings (SSSR count). The first-order chi connectivity index (χ1) is 6.76. The van der Waals surface area contributed by atoms with Gasteiger partial charge in [-0.25, -0.2) is 0 Å². The fourth-order valence-corrected chi connectivity index (χ4v) is 1.27. The van der Waals surface area contributed by atoms with E-state index in [9.17, 15) is 4.79 Å². The molecule has 1 atom stereocenters. The second kappa shape index (κ2) is 8.77. The largest absolute Gasteiger partial charge is 0.372 e. The molecule has 80 valence electrons. The molecule has 0 saturated carbocycles. The summed E-state index contributed by atoms with van der Waals surface area (Å²) in [6, 6.07) is 0. The number of ketones is 1. The standard InChI is InChI=1S/C12H20O2/c1-4-6-8-11(5-2)12(13)9-7-10-14-3/h11H,4-6,8,10H2,1-3H3. The molecule has 0 aliphatic heterocycles. The molecule has 0 heterocycles. The Labute approximate surface area is 87.0 Å². The molecular formula is C12H20O2. The van der Waals surface area contributed by atoms with E-state index in [-0.39, 0.29) is 11.7 Å². The van der Waals surface area contributed by atoms with E-state index in [1.54, 1.807) is 7.11 Å². The van der Waals surface area contributed by atoms with Gasteiger partial charge in [0, 0.05) is 13.0 Å². The van der Waals surface area contributed by atoms with Crippen LogP contribution in [-0.4, -0.2) is 19.5 Å². The van der Waals surface area contributed by atoms with Gasteiger partial charge >= 0.3 is 0 Å². The Morgan fingerprint density at radius 2 is 2.14 bits per heavy atom. The second-order valence-electron chi connectivity index (χ2n) is 3.35. The lowest BCUT2D eigenvalue weighted by Gasteiger charge is -2.08. The van der Waals surface area contributed by atoms with Gasteiger partial charge in [-0.1, -0.05) is 32.6 Å². The highest BCUT2D eigenvalue weighted by Gasteiger charge is 2.12. The van der Waals surface area contributed by atoms with Gasteiger partial charge in [0.25, 0.3) is 0 Å². The second-order valence-corrected chi connectivity index (χ2v) is 3.35. The number of methoxy groups -OCH3 is 1. The van der Waals surface area contributed by atoms with Crippen molar-refractivity contribution in [1.82, 2.24) is 0 Å². The molecule has 0 aliphatic rings. The van der Waals surface area contributed by atoms with Gasteiger partial charge < -0.3 is 4.74 Å². The van der Waals surface area contributed by atoms with Crippen molar-refractivity contribution in [3.8, 4) is 11.8 Å². The summed E-state index contributed by atoms with van der Waals surface area (Å²) >= 11 is 0. The zero-order valence-electron chi connectivity index (χ0n) is 9.43. The topological polar surface area (TPSA) is 26.3 Å². The summed E-state index contributed by atoms with van der Waals surface area (Å²) in [5, 5.41) is 0. The third-order valence-electron chi connectivity index (χ3n) is 2.20. The molecular weight excluding hydrogens is 176 g/mol. The summed E-state index contributed by atoms with van der Waals surface area (Å²) < 4.78 is 4.76. The van der Waals surface area contributed by atoms with Crippen LogP contribution in [0, 0.1) is 17.8 Å². The van der Waals surface area contributed by atoms with E-state index in [2.05, 4.69) is 18.8 Å². The van der Waals surface area contributed by atoms with Crippen molar-refractivity contribution in [2.45, 2.75) is 39.5 Å². The Morgan fingerprint density at radius 3 is 2.64 bits per heavy atom. The lowest BCUT2D eigenvalue weighted by Crippen LogP contribution is -2.11. The molecule has 0 bridgehead atoms. The zero-order valence-corrected chi connectivity index (χ0v) is 9.43. The predicted molar refractivity (Wildman–Crippen MR) is 58.0 cm³/mol. The average molecular weight is 196 g/mol. The quantitative estimate of drug-likeness (QED) is 0.481. The van der Waals surface area contributed by atoms with Crippen molar-refractivity contribution in [1.29, 1.82) is 0 Å². The fraction of sp³-hybridized carbons (Fsp3) is 0.750. The molecule has 2 heteroatoms. The monoisotopic (exact) mass is 196 g/mol. The van der Waals surface area contributed by atoms with Crippen LogP contribution in [0.3, 0.4) is 0 Å². The highest BCUT2D eigenvalue weighted by atomic mass is 16.5.